The fourth-order valence-corrected chi connectivity index (χ4v) is 3.51. The third-order valence-electron chi connectivity index (χ3n) is 3.48. The van der Waals surface area contributed by atoms with E-state index in [2.05, 4.69) is 19.7 Å². The molecule has 0 bridgehead atoms. The van der Waals surface area contributed by atoms with Gasteiger partial charge in [0.1, 0.15) is 0 Å². The first kappa shape index (κ1) is 17.6. The van der Waals surface area contributed by atoms with Crippen LogP contribution in [0.1, 0.15) is 0 Å². The maximum absolute atomic E-state index is 12.4. The number of benzene rings is 1. The molecule has 3 aromatic rings. The van der Waals surface area contributed by atoms with Crippen LogP contribution in [0.25, 0.3) is 11.6 Å². The van der Waals surface area contributed by atoms with Crippen molar-refractivity contribution in [2.24, 2.45) is 0 Å². The lowest BCUT2D eigenvalue weighted by molar-refractivity contribution is -0.387. The van der Waals surface area contributed by atoms with Gasteiger partial charge in [0.05, 0.1) is 4.92 Å². The summed E-state index contributed by atoms with van der Waals surface area (Å²) in [6.07, 6.45) is 6.39. The highest BCUT2D eigenvalue weighted by Gasteiger charge is 2.24. The van der Waals surface area contributed by atoms with E-state index in [4.69, 9.17) is 0 Å². The maximum atomic E-state index is 12.4. The van der Waals surface area contributed by atoms with Gasteiger partial charge in [-0.05, 0) is 12.1 Å². The Bertz CT molecular complexity index is 1020. The zero-order valence-electron chi connectivity index (χ0n) is 13.4. The SMILES string of the molecule is O=[N+]([O-])c1ccccc1S(=O)(=O)NCCn1ccnc1-c1ncccn1. The summed E-state index contributed by atoms with van der Waals surface area (Å²) in [5.41, 5.74) is -0.471. The minimum Gasteiger partial charge on any atom is -0.327 e. The molecule has 134 valence electrons. The molecule has 0 amide bonds. The highest BCUT2D eigenvalue weighted by Crippen LogP contribution is 2.22. The molecule has 3 rings (SSSR count). The van der Waals surface area contributed by atoms with Crippen molar-refractivity contribution in [3.05, 3.63) is 65.2 Å². The summed E-state index contributed by atoms with van der Waals surface area (Å²) in [7, 11) is -4.02. The molecule has 0 aliphatic heterocycles. The molecule has 0 radical (unpaired) electrons. The molecule has 0 aliphatic rings. The number of nitrogens with zero attached hydrogens (tertiary/aromatic N) is 5. The van der Waals surface area contributed by atoms with E-state index in [1.54, 1.807) is 35.4 Å². The van der Waals surface area contributed by atoms with Gasteiger partial charge in [0.2, 0.25) is 10.0 Å². The lowest BCUT2D eigenvalue weighted by Crippen LogP contribution is -2.28. The normalized spacial score (nSPS) is 11.4. The molecule has 0 spiro atoms. The highest BCUT2D eigenvalue weighted by molar-refractivity contribution is 7.89. The molecule has 11 heteroatoms. The smallest absolute Gasteiger partial charge is 0.289 e. The van der Waals surface area contributed by atoms with Gasteiger partial charge in [0.15, 0.2) is 16.5 Å². The Morgan fingerprint density at radius 1 is 1.08 bits per heavy atom. The molecule has 0 aliphatic carbocycles. The summed E-state index contributed by atoms with van der Waals surface area (Å²) in [5, 5.41) is 11.0. The van der Waals surface area contributed by atoms with Gasteiger partial charge in [-0.2, -0.15) is 0 Å². The molecule has 2 aromatic heterocycles. The Balaban J connectivity index is 1.73. The van der Waals surface area contributed by atoms with Crippen LogP contribution in [-0.4, -0.2) is 39.4 Å². The fourth-order valence-electron chi connectivity index (χ4n) is 2.32. The molecule has 0 fully saturated rings. The van der Waals surface area contributed by atoms with E-state index in [-0.39, 0.29) is 18.0 Å². The highest BCUT2D eigenvalue weighted by atomic mass is 32.2. The predicted octanol–water partition coefficient (Wildman–Crippen LogP) is 1.23. The molecule has 2 heterocycles. The number of rotatable bonds is 7. The van der Waals surface area contributed by atoms with Gasteiger partial charge in [-0.1, -0.05) is 12.1 Å². The van der Waals surface area contributed by atoms with Crippen LogP contribution in [0.15, 0.2) is 60.0 Å². The lowest BCUT2D eigenvalue weighted by Gasteiger charge is -2.09. The van der Waals surface area contributed by atoms with Crippen LogP contribution in [0.3, 0.4) is 0 Å². The fraction of sp³-hybridized carbons (Fsp3) is 0.133. The molecule has 10 nitrogen and oxygen atoms in total. The molecule has 0 unspecified atom stereocenters. The zero-order chi connectivity index (χ0) is 18.6. The Labute approximate surface area is 148 Å². The zero-order valence-corrected chi connectivity index (χ0v) is 14.2. The molecule has 0 saturated carbocycles. The number of nitro groups is 1. The van der Waals surface area contributed by atoms with Crippen LogP contribution in [0, 0.1) is 10.1 Å². The van der Waals surface area contributed by atoms with Gasteiger partial charge >= 0.3 is 0 Å². The Kier molecular flexibility index (Phi) is 5.00. The number of sulfonamides is 1. The Morgan fingerprint density at radius 3 is 2.54 bits per heavy atom. The Hall–Kier alpha value is -3.18. The van der Waals surface area contributed by atoms with E-state index in [1.165, 1.54) is 18.2 Å². The molecule has 0 saturated heterocycles. The number of hydrogen-bond acceptors (Lipinski definition) is 7. The average molecular weight is 374 g/mol. The van der Waals surface area contributed by atoms with Gasteiger partial charge in [0, 0.05) is 43.9 Å². The molecule has 0 atom stereocenters. The summed E-state index contributed by atoms with van der Waals surface area (Å²) in [6.45, 7) is 0.276. The number of imidazole rings is 1. The van der Waals surface area contributed by atoms with E-state index in [1.807, 2.05) is 0 Å². The van der Waals surface area contributed by atoms with Gasteiger partial charge in [0.25, 0.3) is 5.69 Å². The summed E-state index contributed by atoms with van der Waals surface area (Å²) >= 11 is 0. The van der Waals surface area contributed by atoms with Crippen LogP contribution in [0.2, 0.25) is 0 Å². The third kappa shape index (κ3) is 3.73. The minimum atomic E-state index is -4.02. The first-order valence-corrected chi connectivity index (χ1v) is 8.99. The van der Waals surface area contributed by atoms with Crippen molar-refractivity contribution in [3.63, 3.8) is 0 Å². The number of nitrogens with one attached hydrogen (secondary N) is 1. The van der Waals surface area contributed by atoms with E-state index < -0.39 is 20.6 Å². The maximum Gasteiger partial charge on any atom is 0.289 e. The van der Waals surface area contributed by atoms with Crippen LogP contribution in [0.4, 0.5) is 5.69 Å². The second-order valence-electron chi connectivity index (χ2n) is 5.14. The van der Waals surface area contributed by atoms with Crippen molar-refractivity contribution >= 4 is 15.7 Å². The first-order chi connectivity index (χ1) is 12.5. The van der Waals surface area contributed by atoms with Crippen molar-refractivity contribution in [1.82, 2.24) is 24.2 Å². The second kappa shape index (κ2) is 7.37. The topological polar surface area (TPSA) is 133 Å². The molecular formula is C15H14N6O4S. The van der Waals surface area contributed by atoms with Gasteiger partial charge in [-0.15, -0.1) is 0 Å². The molecule has 1 N–H and O–H groups in total. The number of aromatic nitrogens is 4. The quantitative estimate of drug-likeness (QED) is 0.485. The summed E-state index contributed by atoms with van der Waals surface area (Å²) in [6, 6.07) is 6.87. The van der Waals surface area contributed by atoms with E-state index in [0.29, 0.717) is 11.6 Å². The summed E-state index contributed by atoms with van der Waals surface area (Å²) in [5.74, 6) is 0.912. The van der Waals surface area contributed by atoms with Gasteiger partial charge in [-0.3, -0.25) is 10.1 Å². The lowest BCUT2D eigenvalue weighted by atomic mass is 10.3. The summed E-state index contributed by atoms with van der Waals surface area (Å²) in [4.78, 5) is 22.3. The van der Waals surface area contributed by atoms with Crippen molar-refractivity contribution in [2.75, 3.05) is 6.54 Å². The van der Waals surface area contributed by atoms with Gasteiger partial charge < -0.3 is 4.57 Å². The molecule has 26 heavy (non-hydrogen) atoms. The van der Waals surface area contributed by atoms with Crippen LogP contribution in [0.5, 0.6) is 0 Å². The Morgan fingerprint density at radius 2 is 1.81 bits per heavy atom. The monoisotopic (exact) mass is 374 g/mol. The predicted molar refractivity (Wildman–Crippen MR) is 91.5 cm³/mol. The number of hydrogen-bond donors (Lipinski definition) is 1. The number of nitro benzene ring substituents is 1. The largest absolute Gasteiger partial charge is 0.327 e. The molecular weight excluding hydrogens is 360 g/mol. The minimum absolute atomic E-state index is 0.0184. The van der Waals surface area contributed by atoms with Crippen LogP contribution >= 0.6 is 0 Å². The van der Waals surface area contributed by atoms with Crippen molar-refractivity contribution in [2.45, 2.75) is 11.4 Å². The second-order valence-corrected chi connectivity index (χ2v) is 6.87. The van der Waals surface area contributed by atoms with Crippen molar-refractivity contribution in [3.8, 4) is 11.6 Å². The van der Waals surface area contributed by atoms with Crippen LogP contribution < -0.4 is 4.72 Å². The van der Waals surface area contributed by atoms with Crippen LogP contribution in [-0.2, 0) is 16.6 Å². The molecule has 1 aromatic carbocycles. The van der Waals surface area contributed by atoms with E-state index >= 15 is 0 Å². The van der Waals surface area contributed by atoms with E-state index in [0.717, 1.165) is 6.07 Å². The average Bonchev–Trinajstić information content (AvgIpc) is 3.11. The summed E-state index contributed by atoms with van der Waals surface area (Å²) < 4.78 is 28.8. The standard InChI is InChI=1S/C15H14N6O4S/c22-21(23)12-4-1-2-5-13(12)26(24,25)19-9-11-20-10-8-18-15(20)14-16-6-3-7-17-14/h1-8,10,19H,9,11H2. The van der Waals surface area contributed by atoms with Crippen molar-refractivity contribution < 1.29 is 13.3 Å². The van der Waals surface area contributed by atoms with Gasteiger partial charge in [-0.25, -0.2) is 28.1 Å². The number of para-hydroxylation sites is 1. The van der Waals surface area contributed by atoms with Crippen molar-refractivity contribution in [1.29, 1.82) is 0 Å². The first-order valence-electron chi connectivity index (χ1n) is 7.50. The van der Waals surface area contributed by atoms with E-state index in [9.17, 15) is 18.5 Å². The third-order valence-corrected chi connectivity index (χ3v) is 4.99.